The van der Waals surface area contributed by atoms with E-state index < -0.39 is 0 Å². The van der Waals surface area contributed by atoms with Gasteiger partial charge < -0.3 is 19.3 Å². The van der Waals surface area contributed by atoms with E-state index >= 15 is 0 Å². The van der Waals surface area contributed by atoms with E-state index in [4.69, 9.17) is 14.2 Å². The van der Waals surface area contributed by atoms with E-state index in [0.717, 1.165) is 32.4 Å². The number of para-hydroxylation sites is 1. The highest BCUT2D eigenvalue weighted by Gasteiger charge is 2.33. The lowest BCUT2D eigenvalue weighted by atomic mass is 9.93. The number of hydrogen-bond donors (Lipinski definition) is 1. The molecule has 0 spiro atoms. The van der Waals surface area contributed by atoms with Crippen LogP contribution in [0.3, 0.4) is 0 Å². The summed E-state index contributed by atoms with van der Waals surface area (Å²) >= 11 is 0. The van der Waals surface area contributed by atoms with E-state index in [1.54, 1.807) is 17.0 Å². The highest BCUT2D eigenvalue weighted by molar-refractivity contribution is 5.70. The second kappa shape index (κ2) is 8.53. The van der Waals surface area contributed by atoms with Gasteiger partial charge in [-0.25, -0.2) is 9.18 Å². The Balaban J connectivity index is 1.21. The molecule has 0 bridgehead atoms. The molecule has 2 saturated heterocycles. The van der Waals surface area contributed by atoms with Crippen LogP contribution in [0.15, 0.2) is 18.2 Å². The van der Waals surface area contributed by atoms with Crippen molar-refractivity contribution in [2.45, 2.75) is 31.4 Å². The molecule has 2 atom stereocenters. The lowest BCUT2D eigenvalue weighted by Crippen LogP contribution is -2.44. The molecule has 0 radical (unpaired) electrons. The van der Waals surface area contributed by atoms with Gasteiger partial charge in [-0.2, -0.15) is 0 Å². The van der Waals surface area contributed by atoms with E-state index in [2.05, 4.69) is 4.90 Å². The number of carbonyl (C=O) groups excluding carboxylic acids is 1. The van der Waals surface area contributed by atoms with Crippen molar-refractivity contribution in [3.63, 3.8) is 0 Å². The van der Waals surface area contributed by atoms with Gasteiger partial charge in [0.1, 0.15) is 19.3 Å². The fraction of sp³-hybridized carbons (Fsp3) is 0.650. The first-order chi connectivity index (χ1) is 13.6. The molecule has 8 heteroatoms. The van der Waals surface area contributed by atoms with Gasteiger partial charge in [0.2, 0.25) is 0 Å². The minimum Gasteiger partial charge on any atom is -0.486 e. The fourth-order valence-electron chi connectivity index (χ4n) is 4.17. The third kappa shape index (κ3) is 4.17. The van der Waals surface area contributed by atoms with E-state index in [1.807, 2.05) is 0 Å². The van der Waals surface area contributed by atoms with E-state index in [0.29, 0.717) is 31.4 Å². The Morgan fingerprint density at radius 3 is 2.79 bits per heavy atom. The maximum absolute atomic E-state index is 13.9. The van der Waals surface area contributed by atoms with Crippen molar-refractivity contribution >= 4 is 6.09 Å². The molecule has 3 aliphatic heterocycles. The van der Waals surface area contributed by atoms with Crippen molar-refractivity contribution in [2.24, 2.45) is 5.92 Å². The number of fused-ring (bicyclic) bond motifs is 1. The number of aliphatic hydroxyl groups is 1. The predicted molar refractivity (Wildman–Crippen MR) is 99.0 cm³/mol. The number of nitrogens with zero attached hydrogens (tertiary/aromatic N) is 2. The lowest BCUT2D eigenvalue weighted by molar-refractivity contribution is 0.0430. The first-order valence-electron chi connectivity index (χ1n) is 9.98. The zero-order valence-corrected chi connectivity index (χ0v) is 15.9. The highest BCUT2D eigenvalue weighted by Crippen LogP contribution is 2.34. The molecule has 1 amide bonds. The van der Waals surface area contributed by atoms with Crippen molar-refractivity contribution in [3.05, 3.63) is 24.0 Å². The van der Waals surface area contributed by atoms with Crippen LogP contribution in [-0.2, 0) is 4.74 Å². The number of halogens is 1. The summed E-state index contributed by atoms with van der Waals surface area (Å²) in [5.74, 6) is 0.842. The normalized spacial score (nSPS) is 25.8. The SMILES string of the molecule is O=C1OC[C@@H](CO)N1CCC1CCN(C[C@H]2COc3cccc(F)c3O2)CC1. The summed E-state index contributed by atoms with van der Waals surface area (Å²) in [6.45, 7) is 3.88. The number of hydrogen-bond acceptors (Lipinski definition) is 6. The molecule has 0 saturated carbocycles. The highest BCUT2D eigenvalue weighted by atomic mass is 19.1. The number of ether oxygens (including phenoxy) is 3. The summed E-state index contributed by atoms with van der Waals surface area (Å²) in [6.07, 6.45) is 2.52. The Morgan fingerprint density at radius 2 is 2.00 bits per heavy atom. The number of carbonyl (C=O) groups is 1. The Bertz CT molecular complexity index is 695. The van der Waals surface area contributed by atoms with Crippen molar-refractivity contribution in [1.29, 1.82) is 0 Å². The topological polar surface area (TPSA) is 71.5 Å². The molecule has 0 aromatic heterocycles. The smallest absolute Gasteiger partial charge is 0.410 e. The van der Waals surface area contributed by atoms with Gasteiger partial charge in [-0.3, -0.25) is 9.80 Å². The Hall–Kier alpha value is -2.06. The molecule has 3 aliphatic rings. The van der Waals surface area contributed by atoms with Crippen LogP contribution in [0.4, 0.5) is 9.18 Å². The van der Waals surface area contributed by atoms with Crippen LogP contribution in [0.25, 0.3) is 0 Å². The van der Waals surface area contributed by atoms with Gasteiger partial charge in [-0.15, -0.1) is 0 Å². The zero-order chi connectivity index (χ0) is 19.5. The van der Waals surface area contributed by atoms with Gasteiger partial charge >= 0.3 is 6.09 Å². The summed E-state index contributed by atoms with van der Waals surface area (Å²) in [4.78, 5) is 15.7. The van der Waals surface area contributed by atoms with E-state index in [9.17, 15) is 14.3 Å². The fourth-order valence-corrected chi connectivity index (χ4v) is 4.17. The summed E-state index contributed by atoms with van der Waals surface area (Å²) in [7, 11) is 0. The number of aliphatic hydroxyl groups excluding tert-OH is 1. The Labute approximate surface area is 164 Å². The summed E-state index contributed by atoms with van der Waals surface area (Å²) in [6, 6.07) is 4.51. The minimum absolute atomic E-state index is 0.0582. The molecule has 1 aromatic rings. The molecule has 3 heterocycles. The second-order valence-electron chi connectivity index (χ2n) is 7.76. The van der Waals surface area contributed by atoms with Gasteiger partial charge in [0.05, 0.1) is 12.6 Å². The van der Waals surface area contributed by atoms with Crippen molar-refractivity contribution in [2.75, 3.05) is 46.0 Å². The molecular formula is C20H27FN2O5. The number of likely N-dealkylation sites (tertiary alicyclic amines) is 1. The first-order valence-corrected chi connectivity index (χ1v) is 9.98. The molecule has 154 valence electrons. The predicted octanol–water partition coefficient (Wildman–Crippen LogP) is 1.88. The van der Waals surface area contributed by atoms with E-state index in [1.165, 1.54) is 6.07 Å². The van der Waals surface area contributed by atoms with Crippen molar-refractivity contribution in [3.8, 4) is 11.5 Å². The van der Waals surface area contributed by atoms with Crippen LogP contribution in [-0.4, -0.2) is 79.1 Å². The van der Waals surface area contributed by atoms with E-state index in [-0.39, 0.29) is 43.0 Å². The van der Waals surface area contributed by atoms with Crippen LogP contribution >= 0.6 is 0 Å². The molecule has 1 N–H and O–H groups in total. The average molecular weight is 394 g/mol. The number of piperidine rings is 1. The molecule has 7 nitrogen and oxygen atoms in total. The van der Waals surface area contributed by atoms with Crippen LogP contribution in [0.2, 0.25) is 0 Å². The Kier molecular flexibility index (Phi) is 5.87. The largest absolute Gasteiger partial charge is 0.486 e. The molecule has 0 aliphatic carbocycles. The molecule has 28 heavy (non-hydrogen) atoms. The summed E-state index contributed by atoms with van der Waals surface area (Å²) < 4.78 is 30.4. The maximum Gasteiger partial charge on any atom is 0.410 e. The monoisotopic (exact) mass is 394 g/mol. The standard InChI is InChI=1S/C20H27FN2O5/c21-17-2-1-3-18-19(17)28-16(13-26-18)10-22-7-4-14(5-8-22)6-9-23-15(11-24)12-27-20(23)25/h1-3,14-16,24H,4-13H2/t15-,16+/m1/s1. The van der Waals surface area contributed by atoms with Crippen molar-refractivity contribution < 1.29 is 28.5 Å². The number of benzene rings is 1. The molecular weight excluding hydrogens is 367 g/mol. The maximum atomic E-state index is 13.9. The number of amides is 1. The van der Waals surface area contributed by atoms with Gasteiger partial charge in [0.15, 0.2) is 17.3 Å². The molecule has 4 rings (SSSR count). The summed E-state index contributed by atoms with van der Waals surface area (Å²) in [5, 5.41) is 9.33. The van der Waals surface area contributed by atoms with Crippen LogP contribution in [0.5, 0.6) is 11.5 Å². The van der Waals surface area contributed by atoms with Crippen LogP contribution in [0, 0.1) is 11.7 Å². The molecule has 2 fully saturated rings. The summed E-state index contributed by atoms with van der Waals surface area (Å²) in [5.41, 5.74) is 0. The minimum atomic E-state index is -0.387. The van der Waals surface area contributed by atoms with Gasteiger partial charge in [-0.05, 0) is 50.4 Å². The number of rotatable bonds is 6. The Morgan fingerprint density at radius 1 is 1.18 bits per heavy atom. The van der Waals surface area contributed by atoms with Crippen LogP contribution in [0.1, 0.15) is 19.3 Å². The third-order valence-corrected chi connectivity index (χ3v) is 5.87. The zero-order valence-electron chi connectivity index (χ0n) is 15.9. The van der Waals surface area contributed by atoms with Gasteiger partial charge in [0.25, 0.3) is 0 Å². The van der Waals surface area contributed by atoms with Gasteiger partial charge in [-0.1, -0.05) is 6.07 Å². The molecule has 0 unspecified atom stereocenters. The van der Waals surface area contributed by atoms with Crippen molar-refractivity contribution in [1.82, 2.24) is 9.80 Å². The lowest BCUT2D eigenvalue weighted by Gasteiger charge is -2.36. The van der Waals surface area contributed by atoms with Crippen LogP contribution < -0.4 is 9.47 Å². The van der Waals surface area contributed by atoms with Gasteiger partial charge in [0, 0.05) is 13.1 Å². The second-order valence-corrected chi connectivity index (χ2v) is 7.76. The molecule has 1 aromatic carbocycles. The quantitative estimate of drug-likeness (QED) is 0.795. The third-order valence-electron chi connectivity index (χ3n) is 5.87. The average Bonchev–Trinajstić information content (AvgIpc) is 3.08. The number of cyclic esters (lactones) is 1. The first kappa shape index (κ1) is 19.3.